The topological polar surface area (TPSA) is 95.6 Å². The van der Waals surface area contributed by atoms with Crippen LogP contribution >= 0.6 is 0 Å². The summed E-state index contributed by atoms with van der Waals surface area (Å²) in [7, 11) is -2.00. The molecule has 0 atom stereocenters. The Kier molecular flexibility index (Phi) is 6.29. The summed E-state index contributed by atoms with van der Waals surface area (Å²) in [5.74, 6) is 0.558. The molecule has 0 spiro atoms. The van der Waals surface area contributed by atoms with Crippen molar-refractivity contribution in [1.29, 1.82) is 0 Å². The monoisotopic (exact) mass is 454 g/mol. The lowest BCUT2D eigenvalue weighted by Gasteiger charge is -2.22. The van der Waals surface area contributed by atoms with Gasteiger partial charge in [-0.1, -0.05) is 17.7 Å². The number of ether oxygens (including phenoxy) is 1. The molecule has 1 aliphatic rings. The van der Waals surface area contributed by atoms with E-state index in [2.05, 4.69) is 10.2 Å². The van der Waals surface area contributed by atoms with Crippen LogP contribution in [0, 0.1) is 6.92 Å². The number of nitrogens with zero attached hydrogens (tertiary/aromatic N) is 3. The zero-order chi connectivity index (χ0) is 22.7. The molecule has 1 fully saturated rings. The predicted molar refractivity (Wildman–Crippen MR) is 121 cm³/mol. The smallest absolute Gasteiger partial charge is 0.257 e. The van der Waals surface area contributed by atoms with Crippen LogP contribution in [0.15, 0.2) is 59.6 Å². The van der Waals surface area contributed by atoms with E-state index < -0.39 is 10.0 Å². The summed E-state index contributed by atoms with van der Waals surface area (Å²) in [5.41, 5.74) is 2.92. The van der Waals surface area contributed by atoms with Crippen LogP contribution in [0.1, 0.15) is 22.3 Å². The van der Waals surface area contributed by atoms with Crippen LogP contribution in [-0.4, -0.2) is 67.0 Å². The van der Waals surface area contributed by atoms with E-state index in [4.69, 9.17) is 4.74 Å². The van der Waals surface area contributed by atoms with E-state index in [1.807, 2.05) is 31.2 Å². The van der Waals surface area contributed by atoms with Crippen molar-refractivity contribution >= 4 is 15.9 Å². The van der Waals surface area contributed by atoms with Crippen LogP contribution < -0.4 is 4.74 Å². The Bertz CT molecular complexity index is 1190. The van der Waals surface area contributed by atoms with Crippen LogP contribution in [0.2, 0.25) is 0 Å². The average molecular weight is 455 g/mol. The van der Waals surface area contributed by atoms with Gasteiger partial charge in [0.25, 0.3) is 5.91 Å². The van der Waals surface area contributed by atoms with Crippen LogP contribution in [0.5, 0.6) is 5.75 Å². The summed E-state index contributed by atoms with van der Waals surface area (Å²) in [6.45, 7) is 3.33. The SMILES string of the molecule is COc1ccc(-c2[nH]ncc2C(=O)N2CCCN(S(=O)(=O)c3ccc(C)cc3)CC2)cc1. The van der Waals surface area contributed by atoms with E-state index in [-0.39, 0.29) is 17.3 Å². The van der Waals surface area contributed by atoms with Crippen molar-refractivity contribution in [3.8, 4) is 17.0 Å². The first kappa shape index (κ1) is 22.0. The van der Waals surface area contributed by atoms with Crippen molar-refractivity contribution in [1.82, 2.24) is 19.4 Å². The van der Waals surface area contributed by atoms with Crippen LogP contribution in [0.25, 0.3) is 11.3 Å². The molecule has 1 aliphatic heterocycles. The van der Waals surface area contributed by atoms with Gasteiger partial charge in [0.05, 0.1) is 29.5 Å². The second kappa shape index (κ2) is 9.13. The number of rotatable bonds is 5. The number of amides is 1. The van der Waals surface area contributed by atoms with E-state index in [0.717, 1.165) is 16.9 Å². The number of nitrogens with one attached hydrogen (secondary N) is 1. The van der Waals surface area contributed by atoms with Gasteiger partial charge in [0.1, 0.15) is 5.75 Å². The number of sulfonamides is 1. The molecular formula is C23H26N4O4S. The Morgan fingerprint density at radius 2 is 1.72 bits per heavy atom. The number of benzene rings is 2. The van der Waals surface area contributed by atoms with Gasteiger partial charge < -0.3 is 9.64 Å². The minimum absolute atomic E-state index is 0.167. The number of carbonyl (C=O) groups excluding carboxylic acids is 1. The highest BCUT2D eigenvalue weighted by atomic mass is 32.2. The molecule has 3 aromatic rings. The number of methoxy groups -OCH3 is 1. The number of H-pyrrole nitrogens is 1. The van der Waals surface area contributed by atoms with Gasteiger partial charge in [0.15, 0.2) is 0 Å². The Hall–Kier alpha value is -3.17. The van der Waals surface area contributed by atoms with E-state index in [9.17, 15) is 13.2 Å². The Morgan fingerprint density at radius 1 is 1.00 bits per heavy atom. The zero-order valence-electron chi connectivity index (χ0n) is 18.1. The first-order valence-corrected chi connectivity index (χ1v) is 11.9. The number of hydrogen-bond acceptors (Lipinski definition) is 5. The molecule has 32 heavy (non-hydrogen) atoms. The van der Waals surface area contributed by atoms with Crippen molar-refractivity contribution in [2.45, 2.75) is 18.2 Å². The van der Waals surface area contributed by atoms with Gasteiger partial charge in [-0.15, -0.1) is 0 Å². The number of carbonyl (C=O) groups is 1. The van der Waals surface area contributed by atoms with Crippen molar-refractivity contribution in [2.75, 3.05) is 33.3 Å². The van der Waals surface area contributed by atoms with E-state index >= 15 is 0 Å². The summed E-state index contributed by atoms with van der Waals surface area (Å²) >= 11 is 0. The maximum absolute atomic E-state index is 13.3. The third-order valence-electron chi connectivity index (χ3n) is 5.65. The van der Waals surface area contributed by atoms with Crippen molar-refractivity contribution in [3.63, 3.8) is 0 Å². The van der Waals surface area contributed by atoms with Crippen LogP contribution in [-0.2, 0) is 10.0 Å². The Balaban J connectivity index is 1.50. The average Bonchev–Trinajstić information content (AvgIpc) is 3.15. The fraction of sp³-hybridized carbons (Fsp3) is 0.304. The van der Waals surface area contributed by atoms with Crippen LogP contribution in [0.3, 0.4) is 0 Å². The highest BCUT2D eigenvalue weighted by Crippen LogP contribution is 2.25. The third kappa shape index (κ3) is 4.39. The fourth-order valence-electron chi connectivity index (χ4n) is 3.79. The zero-order valence-corrected chi connectivity index (χ0v) is 18.9. The normalized spacial score (nSPS) is 15.4. The number of aromatic amines is 1. The molecule has 1 aromatic heterocycles. The third-order valence-corrected chi connectivity index (χ3v) is 7.56. The van der Waals surface area contributed by atoms with E-state index in [0.29, 0.717) is 37.3 Å². The maximum Gasteiger partial charge on any atom is 0.257 e. The van der Waals surface area contributed by atoms with E-state index in [1.54, 1.807) is 36.3 Å². The second-order valence-corrected chi connectivity index (χ2v) is 9.69. The number of aryl methyl sites for hydroxylation is 1. The summed E-state index contributed by atoms with van der Waals surface area (Å²) < 4.78 is 32.7. The molecule has 1 N–H and O–H groups in total. The standard InChI is InChI=1S/C23H26N4O4S/c1-17-4-10-20(11-5-17)32(29,30)27-13-3-12-26(14-15-27)23(28)21-16-24-25-22(21)18-6-8-19(31-2)9-7-18/h4-11,16H,3,12-15H2,1-2H3,(H,24,25). The van der Waals surface area contributed by atoms with Gasteiger partial charge in [-0.05, 0) is 49.7 Å². The van der Waals surface area contributed by atoms with Gasteiger partial charge in [-0.2, -0.15) is 9.40 Å². The molecule has 2 heterocycles. The van der Waals surface area contributed by atoms with Gasteiger partial charge in [-0.25, -0.2) is 8.42 Å². The molecular weight excluding hydrogens is 428 g/mol. The molecule has 2 aromatic carbocycles. The molecule has 0 aliphatic carbocycles. The molecule has 1 saturated heterocycles. The summed E-state index contributed by atoms with van der Waals surface area (Å²) in [5, 5.41) is 6.98. The minimum atomic E-state index is -3.60. The Morgan fingerprint density at radius 3 is 2.41 bits per heavy atom. The minimum Gasteiger partial charge on any atom is -0.497 e. The maximum atomic E-state index is 13.3. The summed E-state index contributed by atoms with van der Waals surface area (Å²) in [4.78, 5) is 15.2. The second-order valence-electron chi connectivity index (χ2n) is 7.75. The van der Waals surface area contributed by atoms with Gasteiger partial charge in [0, 0.05) is 31.7 Å². The number of hydrogen-bond donors (Lipinski definition) is 1. The van der Waals surface area contributed by atoms with Crippen molar-refractivity contribution < 1.29 is 17.9 Å². The molecule has 4 rings (SSSR count). The summed E-state index contributed by atoms with van der Waals surface area (Å²) in [6, 6.07) is 14.2. The van der Waals surface area contributed by atoms with Crippen molar-refractivity contribution in [2.24, 2.45) is 0 Å². The highest BCUT2D eigenvalue weighted by molar-refractivity contribution is 7.89. The molecule has 0 bridgehead atoms. The predicted octanol–water partition coefficient (Wildman–Crippen LogP) is 2.93. The van der Waals surface area contributed by atoms with Crippen LogP contribution in [0.4, 0.5) is 0 Å². The molecule has 8 nitrogen and oxygen atoms in total. The summed E-state index contributed by atoms with van der Waals surface area (Å²) in [6.07, 6.45) is 2.08. The lowest BCUT2D eigenvalue weighted by atomic mass is 10.1. The molecule has 0 unspecified atom stereocenters. The van der Waals surface area contributed by atoms with Gasteiger partial charge in [0.2, 0.25) is 10.0 Å². The molecule has 0 radical (unpaired) electrons. The van der Waals surface area contributed by atoms with Crippen molar-refractivity contribution in [3.05, 3.63) is 65.9 Å². The van der Waals surface area contributed by atoms with Gasteiger partial charge >= 0.3 is 0 Å². The first-order valence-electron chi connectivity index (χ1n) is 10.4. The number of aromatic nitrogens is 2. The molecule has 0 saturated carbocycles. The molecule has 168 valence electrons. The quantitative estimate of drug-likeness (QED) is 0.640. The largest absolute Gasteiger partial charge is 0.497 e. The Labute approximate surface area is 187 Å². The molecule has 9 heteroatoms. The van der Waals surface area contributed by atoms with Gasteiger partial charge in [-0.3, -0.25) is 9.89 Å². The lowest BCUT2D eigenvalue weighted by Crippen LogP contribution is -2.37. The van der Waals surface area contributed by atoms with E-state index in [1.165, 1.54) is 10.5 Å². The fourth-order valence-corrected chi connectivity index (χ4v) is 5.26. The molecule has 1 amide bonds. The lowest BCUT2D eigenvalue weighted by molar-refractivity contribution is 0.0765. The first-order chi connectivity index (χ1) is 15.4. The highest BCUT2D eigenvalue weighted by Gasteiger charge is 2.29.